The van der Waals surface area contributed by atoms with Gasteiger partial charge in [0.2, 0.25) is 0 Å². The molecule has 1 atom stereocenters. The SMILES string of the molecule is Cl.N[C@@H](CO)C(F)(F)C(F)(F)C(F)(F)F. The highest BCUT2D eigenvalue weighted by molar-refractivity contribution is 5.85. The van der Waals surface area contributed by atoms with Gasteiger partial charge in [-0.2, -0.15) is 30.7 Å². The van der Waals surface area contributed by atoms with E-state index in [1.165, 1.54) is 0 Å². The highest BCUT2D eigenvalue weighted by Gasteiger charge is 2.74. The average Bonchev–Trinajstić information content (AvgIpc) is 2.00. The summed E-state index contributed by atoms with van der Waals surface area (Å²) in [5, 5.41) is 7.99. The molecule has 15 heavy (non-hydrogen) atoms. The Labute approximate surface area is 85.6 Å². The summed E-state index contributed by atoms with van der Waals surface area (Å²) in [6.07, 6.45) is -6.41. The lowest BCUT2D eigenvalue weighted by Crippen LogP contribution is -2.61. The third-order valence-electron chi connectivity index (χ3n) is 1.44. The van der Waals surface area contributed by atoms with Gasteiger partial charge in [0.15, 0.2) is 0 Å². The van der Waals surface area contributed by atoms with E-state index < -0.39 is 30.7 Å². The smallest absolute Gasteiger partial charge is 0.395 e. The number of alkyl halides is 7. The number of hydrogen-bond acceptors (Lipinski definition) is 2. The molecule has 0 saturated heterocycles. The standard InChI is InChI=1S/C5H6F7NO.ClH/c6-3(7,2(13)1-14)4(8,9)5(10,11)12;/h2,14H,1,13H2;1H/t2-;/m0./s1. The predicted molar refractivity (Wildman–Crippen MR) is 38.3 cm³/mol. The van der Waals surface area contributed by atoms with Gasteiger partial charge in [0.25, 0.3) is 0 Å². The third kappa shape index (κ3) is 2.85. The first-order chi connectivity index (χ1) is 5.98. The second kappa shape index (κ2) is 4.71. The van der Waals surface area contributed by atoms with Gasteiger partial charge < -0.3 is 10.8 Å². The zero-order chi connectivity index (χ0) is 11.8. The van der Waals surface area contributed by atoms with Crippen molar-refractivity contribution in [1.82, 2.24) is 0 Å². The average molecular weight is 266 g/mol. The van der Waals surface area contributed by atoms with Gasteiger partial charge in [-0.15, -0.1) is 12.4 Å². The molecular formula is C5H7ClF7NO. The summed E-state index contributed by atoms with van der Waals surface area (Å²) in [6, 6.07) is -2.97. The molecule has 0 bridgehead atoms. The summed E-state index contributed by atoms with van der Waals surface area (Å²) in [4.78, 5) is 0. The van der Waals surface area contributed by atoms with Crippen LogP contribution in [0.4, 0.5) is 30.7 Å². The Balaban J connectivity index is 0. The van der Waals surface area contributed by atoms with Crippen LogP contribution in [0.1, 0.15) is 0 Å². The minimum atomic E-state index is -6.41. The van der Waals surface area contributed by atoms with Gasteiger partial charge in [0, 0.05) is 0 Å². The van der Waals surface area contributed by atoms with Gasteiger partial charge in [-0.05, 0) is 0 Å². The van der Waals surface area contributed by atoms with Crippen LogP contribution in [-0.4, -0.2) is 35.8 Å². The van der Waals surface area contributed by atoms with Gasteiger partial charge >= 0.3 is 18.0 Å². The van der Waals surface area contributed by atoms with Gasteiger partial charge in [-0.1, -0.05) is 0 Å². The summed E-state index contributed by atoms with van der Waals surface area (Å²) in [6.45, 7) is -1.68. The second-order valence-electron chi connectivity index (χ2n) is 2.48. The van der Waals surface area contributed by atoms with Crippen molar-refractivity contribution in [2.24, 2.45) is 5.73 Å². The number of nitrogens with two attached hydrogens (primary N) is 1. The van der Waals surface area contributed by atoms with E-state index in [4.69, 9.17) is 5.11 Å². The fourth-order valence-electron chi connectivity index (χ4n) is 0.536. The summed E-state index contributed by atoms with van der Waals surface area (Å²) in [5.41, 5.74) is 4.25. The molecule has 0 spiro atoms. The predicted octanol–water partition coefficient (Wildman–Crippen LogP) is 1.56. The van der Waals surface area contributed by atoms with E-state index in [9.17, 15) is 30.7 Å². The van der Waals surface area contributed by atoms with E-state index in [0.29, 0.717) is 0 Å². The van der Waals surface area contributed by atoms with Crippen LogP contribution in [0, 0.1) is 0 Å². The fourth-order valence-corrected chi connectivity index (χ4v) is 0.536. The zero-order valence-corrected chi connectivity index (χ0v) is 7.68. The normalized spacial score (nSPS) is 15.8. The minimum absolute atomic E-state index is 0. The van der Waals surface area contributed by atoms with E-state index in [2.05, 4.69) is 5.73 Å². The molecule has 0 fully saturated rings. The first kappa shape index (κ1) is 17.1. The van der Waals surface area contributed by atoms with E-state index in [-0.39, 0.29) is 12.4 Å². The topological polar surface area (TPSA) is 46.2 Å². The molecule has 0 aliphatic carbocycles. The number of hydrogen-bond donors (Lipinski definition) is 2. The molecule has 0 aliphatic rings. The Morgan fingerprint density at radius 2 is 1.33 bits per heavy atom. The largest absolute Gasteiger partial charge is 0.459 e. The third-order valence-corrected chi connectivity index (χ3v) is 1.44. The minimum Gasteiger partial charge on any atom is -0.395 e. The van der Waals surface area contributed by atoms with Crippen LogP contribution in [0.5, 0.6) is 0 Å². The quantitative estimate of drug-likeness (QED) is 0.761. The van der Waals surface area contributed by atoms with E-state index in [0.717, 1.165) is 0 Å². The molecule has 0 unspecified atom stereocenters. The van der Waals surface area contributed by atoms with Crippen molar-refractivity contribution < 1.29 is 35.8 Å². The monoisotopic (exact) mass is 265 g/mol. The Hall–Kier alpha value is -0.280. The van der Waals surface area contributed by atoms with Crippen LogP contribution >= 0.6 is 12.4 Å². The van der Waals surface area contributed by atoms with Crippen LogP contribution < -0.4 is 5.73 Å². The molecule has 0 saturated carbocycles. The van der Waals surface area contributed by atoms with Crippen LogP contribution in [0.2, 0.25) is 0 Å². The Morgan fingerprint density at radius 1 is 1.00 bits per heavy atom. The maximum Gasteiger partial charge on any atom is 0.459 e. The van der Waals surface area contributed by atoms with Crippen LogP contribution in [-0.2, 0) is 0 Å². The van der Waals surface area contributed by atoms with Crippen LogP contribution in [0.3, 0.4) is 0 Å². The first-order valence-corrected chi connectivity index (χ1v) is 3.17. The van der Waals surface area contributed by atoms with E-state index in [1.54, 1.807) is 0 Å². The molecule has 3 N–H and O–H groups in total. The van der Waals surface area contributed by atoms with Crippen molar-refractivity contribution >= 4 is 12.4 Å². The molecule has 0 heterocycles. The number of rotatable bonds is 3. The fraction of sp³-hybridized carbons (Fsp3) is 1.00. The maximum atomic E-state index is 12.3. The van der Waals surface area contributed by atoms with Crippen LogP contribution in [0.15, 0.2) is 0 Å². The Kier molecular flexibility index (Phi) is 5.37. The van der Waals surface area contributed by atoms with Crippen molar-refractivity contribution in [3.63, 3.8) is 0 Å². The molecule has 0 aromatic carbocycles. The summed E-state index contributed by atoms with van der Waals surface area (Å²) in [7, 11) is 0. The molecule has 0 aliphatic heterocycles. The van der Waals surface area contributed by atoms with Crippen molar-refractivity contribution in [2.75, 3.05) is 6.61 Å². The molecule has 10 heteroatoms. The van der Waals surface area contributed by atoms with Crippen LogP contribution in [0.25, 0.3) is 0 Å². The summed E-state index contributed by atoms with van der Waals surface area (Å²) >= 11 is 0. The first-order valence-electron chi connectivity index (χ1n) is 3.17. The van der Waals surface area contributed by atoms with Gasteiger partial charge in [-0.25, -0.2) is 0 Å². The Morgan fingerprint density at radius 3 is 1.53 bits per heavy atom. The lowest BCUT2D eigenvalue weighted by Gasteiger charge is -2.31. The molecule has 0 amide bonds. The van der Waals surface area contributed by atoms with Crippen molar-refractivity contribution in [2.45, 2.75) is 24.1 Å². The molecule has 0 radical (unpaired) electrons. The zero-order valence-electron chi connectivity index (χ0n) is 6.86. The van der Waals surface area contributed by atoms with Gasteiger partial charge in [-0.3, -0.25) is 0 Å². The molecular weight excluding hydrogens is 258 g/mol. The lowest BCUT2D eigenvalue weighted by molar-refractivity contribution is -0.359. The van der Waals surface area contributed by atoms with Crippen molar-refractivity contribution in [3.8, 4) is 0 Å². The molecule has 2 nitrogen and oxygen atoms in total. The number of aliphatic hydroxyl groups excluding tert-OH is 1. The number of halogens is 8. The molecule has 0 aromatic rings. The molecule has 0 aromatic heterocycles. The van der Waals surface area contributed by atoms with E-state index in [1.807, 2.05) is 0 Å². The lowest BCUT2D eigenvalue weighted by atomic mass is 10.0. The highest BCUT2D eigenvalue weighted by Crippen LogP contribution is 2.47. The number of aliphatic hydroxyl groups is 1. The second-order valence-corrected chi connectivity index (χ2v) is 2.48. The summed E-state index contributed by atoms with van der Waals surface area (Å²) in [5.74, 6) is -11.8. The maximum absolute atomic E-state index is 12.3. The highest BCUT2D eigenvalue weighted by atomic mass is 35.5. The van der Waals surface area contributed by atoms with E-state index >= 15 is 0 Å². The Bertz CT molecular complexity index is 206. The summed E-state index contributed by atoms with van der Waals surface area (Å²) < 4.78 is 83.2. The molecule has 0 rings (SSSR count). The molecule has 94 valence electrons. The van der Waals surface area contributed by atoms with Crippen molar-refractivity contribution in [3.05, 3.63) is 0 Å². The van der Waals surface area contributed by atoms with Crippen molar-refractivity contribution in [1.29, 1.82) is 0 Å². The van der Waals surface area contributed by atoms with Gasteiger partial charge in [0.05, 0.1) is 12.6 Å². The van der Waals surface area contributed by atoms with Gasteiger partial charge in [0.1, 0.15) is 0 Å².